The maximum absolute atomic E-state index is 12.9. The Balaban J connectivity index is 1.43. The van der Waals surface area contributed by atoms with Crippen molar-refractivity contribution in [2.75, 3.05) is 32.2 Å². The van der Waals surface area contributed by atoms with Gasteiger partial charge in [-0.2, -0.15) is 0 Å². The molecule has 0 radical (unpaired) electrons. The highest BCUT2D eigenvalue weighted by Gasteiger charge is 2.28. The lowest BCUT2D eigenvalue weighted by Gasteiger charge is -2.32. The normalized spacial score (nSPS) is 16.5. The highest BCUT2D eigenvalue weighted by Crippen LogP contribution is 2.26. The van der Waals surface area contributed by atoms with Crippen molar-refractivity contribution in [3.63, 3.8) is 0 Å². The van der Waals surface area contributed by atoms with Crippen LogP contribution >= 0.6 is 11.6 Å². The lowest BCUT2D eigenvalue weighted by molar-refractivity contribution is -0.125. The molecule has 1 unspecified atom stereocenters. The molecule has 2 aromatic heterocycles. The highest BCUT2D eigenvalue weighted by atomic mass is 35.5. The predicted octanol–water partition coefficient (Wildman–Crippen LogP) is 2.93. The number of ether oxygens (including phenoxy) is 2. The maximum Gasteiger partial charge on any atom is 0.231 e. The fourth-order valence-corrected chi connectivity index (χ4v) is 3.99. The smallest absolute Gasteiger partial charge is 0.231 e. The van der Waals surface area contributed by atoms with Gasteiger partial charge in [-0.3, -0.25) is 9.20 Å². The van der Waals surface area contributed by atoms with E-state index in [0.717, 1.165) is 24.9 Å². The second-order valence-electron chi connectivity index (χ2n) is 7.23. The number of halogens is 1. The monoisotopic (exact) mass is 429 g/mol. The summed E-state index contributed by atoms with van der Waals surface area (Å²) in [6.07, 6.45) is 3.62. The summed E-state index contributed by atoms with van der Waals surface area (Å²) in [7, 11) is 3.21. The number of pyridine rings is 1. The van der Waals surface area contributed by atoms with Crippen LogP contribution in [0.15, 0.2) is 36.5 Å². The summed E-state index contributed by atoms with van der Waals surface area (Å²) in [6, 6.07) is 9.21. The van der Waals surface area contributed by atoms with Gasteiger partial charge in [-0.1, -0.05) is 11.6 Å². The van der Waals surface area contributed by atoms with Gasteiger partial charge in [-0.05, 0) is 37.1 Å². The molecule has 4 rings (SSSR count). The van der Waals surface area contributed by atoms with Gasteiger partial charge >= 0.3 is 0 Å². The molecule has 9 heteroatoms. The van der Waals surface area contributed by atoms with Crippen molar-refractivity contribution in [3.8, 4) is 11.5 Å². The average molecular weight is 430 g/mol. The molecule has 8 nitrogen and oxygen atoms in total. The van der Waals surface area contributed by atoms with E-state index in [2.05, 4.69) is 20.4 Å². The second kappa shape index (κ2) is 8.79. The minimum absolute atomic E-state index is 0.0180. The Morgan fingerprint density at radius 2 is 2.13 bits per heavy atom. The second-order valence-corrected chi connectivity index (χ2v) is 7.64. The number of benzene rings is 1. The Hall–Kier alpha value is -3.00. The molecule has 0 spiro atoms. The molecular weight excluding hydrogens is 406 g/mol. The largest absolute Gasteiger partial charge is 0.497 e. The van der Waals surface area contributed by atoms with Crippen molar-refractivity contribution in [2.24, 2.45) is 5.92 Å². The Morgan fingerprint density at radius 3 is 2.93 bits per heavy atom. The molecule has 1 aliphatic heterocycles. The first-order chi connectivity index (χ1) is 14.6. The van der Waals surface area contributed by atoms with Gasteiger partial charge in [0, 0.05) is 37.5 Å². The van der Waals surface area contributed by atoms with Gasteiger partial charge in [0.05, 0.1) is 25.2 Å². The van der Waals surface area contributed by atoms with E-state index < -0.39 is 0 Å². The lowest BCUT2D eigenvalue weighted by atomic mass is 9.97. The van der Waals surface area contributed by atoms with Crippen LogP contribution in [-0.2, 0) is 11.3 Å². The zero-order chi connectivity index (χ0) is 21.1. The number of fused-ring (bicyclic) bond motifs is 1. The maximum atomic E-state index is 12.9. The van der Waals surface area contributed by atoms with Gasteiger partial charge < -0.3 is 19.7 Å². The third kappa shape index (κ3) is 4.00. The number of carbonyl (C=O) groups excluding carboxylic acids is 1. The standard InChI is InChI=1S/C21H24ClN5O3/c1-29-16-8-7-14(18(11-16)30-2)12-23-20(28)15-5-3-9-26(13-15)21-25-24-19-17(22)6-4-10-27(19)21/h4,6-8,10-11,15H,3,5,9,12-13H2,1-2H3,(H,23,28). The Kier molecular flexibility index (Phi) is 5.94. The van der Waals surface area contributed by atoms with E-state index in [9.17, 15) is 4.79 Å². The number of hydrogen-bond acceptors (Lipinski definition) is 6. The van der Waals surface area contributed by atoms with Crippen LogP contribution in [0.1, 0.15) is 18.4 Å². The number of piperidine rings is 1. The van der Waals surface area contributed by atoms with Gasteiger partial charge in [-0.15, -0.1) is 10.2 Å². The van der Waals surface area contributed by atoms with Crippen LogP contribution in [0.5, 0.6) is 11.5 Å². The van der Waals surface area contributed by atoms with Crippen molar-refractivity contribution in [1.82, 2.24) is 19.9 Å². The minimum Gasteiger partial charge on any atom is -0.497 e. The van der Waals surface area contributed by atoms with Crippen molar-refractivity contribution in [2.45, 2.75) is 19.4 Å². The van der Waals surface area contributed by atoms with Crippen LogP contribution in [0.4, 0.5) is 5.95 Å². The van der Waals surface area contributed by atoms with E-state index >= 15 is 0 Å². The molecule has 1 N–H and O–H groups in total. The molecule has 3 aromatic rings. The summed E-state index contributed by atoms with van der Waals surface area (Å²) in [4.78, 5) is 15.0. The van der Waals surface area contributed by atoms with Gasteiger partial charge in [0.15, 0.2) is 5.65 Å². The van der Waals surface area contributed by atoms with Gasteiger partial charge in [0.2, 0.25) is 11.9 Å². The van der Waals surface area contributed by atoms with Crippen molar-refractivity contribution in [1.29, 1.82) is 0 Å². The molecular formula is C21H24ClN5O3. The number of aromatic nitrogens is 3. The molecule has 1 aliphatic rings. The number of anilines is 1. The number of amides is 1. The summed E-state index contributed by atoms with van der Waals surface area (Å²) in [5.41, 5.74) is 1.52. The zero-order valence-electron chi connectivity index (χ0n) is 17.0. The van der Waals surface area contributed by atoms with Crippen LogP contribution in [-0.4, -0.2) is 47.8 Å². The van der Waals surface area contributed by atoms with E-state index in [1.807, 2.05) is 34.9 Å². The Bertz CT molecular complexity index is 1050. The summed E-state index contributed by atoms with van der Waals surface area (Å²) >= 11 is 6.21. The number of carbonyl (C=O) groups is 1. The highest BCUT2D eigenvalue weighted by molar-refractivity contribution is 6.33. The third-order valence-corrected chi connectivity index (χ3v) is 5.69. The Labute approximate surface area is 179 Å². The summed E-state index contributed by atoms with van der Waals surface area (Å²) in [6.45, 7) is 1.80. The molecule has 0 saturated carbocycles. The third-order valence-electron chi connectivity index (χ3n) is 5.39. The fraction of sp³-hybridized carbons (Fsp3) is 0.381. The molecule has 1 saturated heterocycles. The molecule has 0 aliphatic carbocycles. The first kappa shape index (κ1) is 20.3. The molecule has 1 aromatic carbocycles. The number of nitrogens with one attached hydrogen (secondary N) is 1. The van der Waals surface area contributed by atoms with E-state index in [1.54, 1.807) is 20.3 Å². The van der Waals surface area contributed by atoms with E-state index in [1.165, 1.54) is 0 Å². The molecule has 158 valence electrons. The summed E-state index contributed by atoms with van der Waals surface area (Å²) in [5, 5.41) is 12.1. The molecule has 0 bridgehead atoms. The fourth-order valence-electron chi connectivity index (χ4n) is 3.78. The molecule has 1 amide bonds. The molecule has 1 fully saturated rings. The number of hydrogen-bond donors (Lipinski definition) is 1. The van der Waals surface area contributed by atoms with Crippen LogP contribution < -0.4 is 19.7 Å². The van der Waals surface area contributed by atoms with Crippen LogP contribution in [0.25, 0.3) is 5.65 Å². The predicted molar refractivity (Wildman–Crippen MR) is 114 cm³/mol. The number of methoxy groups -OCH3 is 2. The van der Waals surface area contributed by atoms with Crippen molar-refractivity contribution >= 4 is 29.1 Å². The van der Waals surface area contributed by atoms with Crippen molar-refractivity contribution < 1.29 is 14.3 Å². The van der Waals surface area contributed by atoms with Crippen LogP contribution in [0.3, 0.4) is 0 Å². The van der Waals surface area contributed by atoms with Gasteiger partial charge in [-0.25, -0.2) is 0 Å². The first-order valence-electron chi connectivity index (χ1n) is 9.83. The summed E-state index contributed by atoms with van der Waals surface area (Å²) < 4.78 is 12.5. The van der Waals surface area contributed by atoms with Crippen LogP contribution in [0, 0.1) is 5.92 Å². The van der Waals surface area contributed by atoms with E-state index in [4.69, 9.17) is 21.1 Å². The van der Waals surface area contributed by atoms with Crippen LogP contribution in [0.2, 0.25) is 5.02 Å². The molecule has 3 heterocycles. The minimum atomic E-state index is -0.130. The molecule has 1 atom stereocenters. The SMILES string of the molecule is COc1ccc(CNC(=O)C2CCCN(c3nnc4c(Cl)cccn34)C2)c(OC)c1. The average Bonchev–Trinajstić information content (AvgIpc) is 3.23. The lowest BCUT2D eigenvalue weighted by Crippen LogP contribution is -2.43. The van der Waals surface area contributed by atoms with Crippen molar-refractivity contribution in [3.05, 3.63) is 47.1 Å². The number of nitrogens with zero attached hydrogens (tertiary/aromatic N) is 4. The van der Waals surface area contributed by atoms with E-state index in [-0.39, 0.29) is 11.8 Å². The topological polar surface area (TPSA) is 81.0 Å². The Morgan fingerprint density at radius 1 is 1.27 bits per heavy atom. The first-order valence-corrected chi connectivity index (χ1v) is 10.2. The van der Waals surface area contributed by atoms with Gasteiger partial charge in [0.25, 0.3) is 0 Å². The van der Waals surface area contributed by atoms with E-state index in [0.29, 0.717) is 41.2 Å². The quantitative estimate of drug-likeness (QED) is 0.648. The zero-order valence-corrected chi connectivity index (χ0v) is 17.7. The summed E-state index contributed by atoms with van der Waals surface area (Å²) in [5.74, 6) is 2.00. The van der Waals surface area contributed by atoms with Gasteiger partial charge in [0.1, 0.15) is 11.5 Å². The number of rotatable bonds is 6. The molecule has 30 heavy (non-hydrogen) atoms.